The molecule has 1 N–H and O–H groups in total. The van der Waals surface area contributed by atoms with E-state index in [0.717, 1.165) is 11.3 Å². The Balaban J connectivity index is 1.66. The van der Waals surface area contributed by atoms with E-state index in [1.54, 1.807) is 19.1 Å². The smallest absolute Gasteiger partial charge is 0.284 e. The number of anilines is 2. The molecule has 0 atom stereocenters. The molecule has 0 aliphatic rings. The number of pyridine rings is 1. The summed E-state index contributed by atoms with van der Waals surface area (Å²) >= 11 is 1.28. The standard InChI is InChI=1S/C24H19N5O3S2/c1-17-22(23(30)28-34(31,32)21-8-5-13-26-15-21)27-24(33-17)29(16-19-6-3-2-4-7-19)20-11-9-18(14-25)10-12-20/h2-13,15H,16H2,1H3,(H,28,30). The predicted octanol–water partition coefficient (Wildman–Crippen LogP) is 4.18. The van der Waals surface area contributed by atoms with Crippen molar-refractivity contribution in [3.63, 3.8) is 0 Å². The molecule has 2 aromatic carbocycles. The minimum absolute atomic E-state index is 0.0270. The number of aryl methyl sites for hydroxylation is 1. The van der Waals surface area contributed by atoms with Crippen molar-refractivity contribution in [1.82, 2.24) is 14.7 Å². The van der Waals surface area contributed by atoms with Gasteiger partial charge in [-0.25, -0.2) is 18.1 Å². The zero-order chi connectivity index (χ0) is 24.1. The fourth-order valence-corrected chi connectivity index (χ4v) is 5.04. The molecule has 2 aromatic heterocycles. The molecule has 4 rings (SSSR count). The van der Waals surface area contributed by atoms with Gasteiger partial charge in [-0.15, -0.1) is 11.3 Å². The molecule has 0 unspecified atom stereocenters. The first-order valence-corrected chi connectivity index (χ1v) is 12.4. The summed E-state index contributed by atoms with van der Waals surface area (Å²) in [5, 5.41) is 9.65. The summed E-state index contributed by atoms with van der Waals surface area (Å²) in [5.74, 6) is -0.816. The summed E-state index contributed by atoms with van der Waals surface area (Å²) in [7, 11) is -4.09. The topological polar surface area (TPSA) is 116 Å². The number of nitrogens with one attached hydrogen (secondary N) is 1. The Morgan fingerprint density at radius 1 is 1.09 bits per heavy atom. The Morgan fingerprint density at radius 2 is 1.82 bits per heavy atom. The van der Waals surface area contributed by atoms with E-state index in [4.69, 9.17) is 5.26 Å². The summed E-state index contributed by atoms with van der Waals surface area (Å²) in [6.45, 7) is 2.18. The third-order valence-electron chi connectivity index (χ3n) is 4.89. The number of thiazole rings is 1. The van der Waals surface area contributed by atoms with Gasteiger partial charge in [0.05, 0.1) is 18.2 Å². The van der Waals surface area contributed by atoms with Crippen LogP contribution in [0.3, 0.4) is 0 Å². The van der Waals surface area contributed by atoms with Crippen LogP contribution in [0.5, 0.6) is 0 Å². The maximum Gasteiger partial charge on any atom is 0.284 e. The van der Waals surface area contributed by atoms with E-state index >= 15 is 0 Å². The molecule has 0 aliphatic heterocycles. The molecular weight excluding hydrogens is 470 g/mol. The fourth-order valence-electron chi connectivity index (χ4n) is 3.20. The minimum Gasteiger partial charge on any atom is -0.313 e. The van der Waals surface area contributed by atoms with Crippen molar-refractivity contribution in [3.05, 3.63) is 101 Å². The molecule has 0 radical (unpaired) electrons. The van der Waals surface area contributed by atoms with Crippen LogP contribution in [0.1, 0.15) is 26.5 Å². The Labute approximate surface area is 201 Å². The van der Waals surface area contributed by atoms with Crippen LogP contribution in [0.15, 0.2) is 84.0 Å². The highest BCUT2D eigenvalue weighted by atomic mass is 32.2. The maximum absolute atomic E-state index is 12.8. The summed E-state index contributed by atoms with van der Waals surface area (Å²) < 4.78 is 27.2. The molecule has 8 nitrogen and oxygen atoms in total. The number of aromatic nitrogens is 2. The highest BCUT2D eigenvalue weighted by Gasteiger charge is 2.25. The average Bonchev–Trinajstić information content (AvgIpc) is 3.25. The first-order valence-electron chi connectivity index (χ1n) is 10.1. The van der Waals surface area contributed by atoms with Gasteiger partial charge >= 0.3 is 0 Å². The first kappa shape index (κ1) is 23.1. The Morgan fingerprint density at radius 3 is 2.47 bits per heavy atom. The number of benzene rings is 2. The molecule has 10 heteroatoms. The lowest BCUT2D eigenvalue weighted by Crippen LogP contribution is -2.31. The van der Waals surface area contributed by atoms with Gasteiger partial charge < -0.3 is 4.90 Å². The average molecular weight is 490 g/mol. The quantitative estimate of drug-likeness (QED) is 0.414. The molecule has 0 saturated heterocycles. The number of nitrogens with zero attached hydrogens (tertiary/aromatic N) is 4. The zero-order valence-electron chi connectivity index (χ0n) is 18.0. The largest absolute Gasteiger partial charge is 0.313 e. The van der Waals surface area contributed by atoms with Gasteiger partial charge in [0, 0.05) is 23.0 Å². The Kier molecular flexibility index (Phi) is 6.67. The number of carbonyl (C=O) groups is 1. The van der Waals surface area contributed by atoms with Gasteiger partial charge in [-0.3, -0.25) is 9.78 Å². The number of rotatable bonds is 7. The second-order valence-electron chi connectivity index (χ2n) is 7.26. The third-order valence-corrected chi connectivity index (χ3v) is 7.20. The first-order chi connectivity index (χ1) is 16.4. The Hall–Kier alpha value is -4.07. The van der Waals surface area contributed by atoms with Crippen LogP contribution >= 0.6 is 11.3 Å². The van der Waals surface area contributed by atoms with Crippen molar-refractivity contribution < 1.29 is 13.2 Å². The van der Waals surface area contributed by atoms with E-state index in [0.29, 0.717) is 22.1 Å². The SMILES string of the molecule is Cc1sc(N(Cc2ccccc2)c2ccc(C#N)cc2)nc1C(=O)NS(=O)(=O)c1cccnc1. The molecule has 0 bridgehead atoms. The van der Waals surface area contributed by atoms with Crippen LogP contribution in [0.25, 0.3) is 0 Å². The van der Waals surface area contributed by atoms with Crippen LogP contribution in [-0.4, -0.2) is 24.3 Å². The molecule has 34 heavy (non-hydrogen) atoms. The lowest BCUT2D eigenvalue weighted by Gasteiger charge is -2.22. The van der Waals surface area contributed by atoms with Crippen molar-refractivity contribution in [1.29, 1.82) is 5.26 Å². The lowest BCUT2D eigenvalue weighted by atomic mass is 10.2. The normalized spacial score (nSPS) is 10.9. The van der Waals surface area contributed by atoms with Crippen LogP contribution in [0.2, 0.25) is 0 Å². The molecular formula is C24H19N5O3S2. The molecule has 1 amide bonds. The highest BCUT2D eigenvalue weighted by molar-refractivity contribution is 7.90. The van der Waals surface area contributed by atoms with Gasteiger partial charge in [0.1, 0.15) is 10.6 Å². The van der Waals surface area contributed by atoms with Crippen LogP contribution < -0.4 is 9.62 Å². The van der Waals surface area contributed by atoms with E-state index in [2.05, 4.69) is 20.8 Å². The van der Waals surface area contributed by atoms with Crippen molar-refractivity contribution in [2.24, 2.45) is 0 Å². The number of carbonyl (C=O) groups excluding carboxylic acids is 1. The predicted molar refractivity (Wildman–Crippen MR) is 129 cm³/mol. The molecule has 0 saturated carbocycles. The number of hydrogen-bond donors (Lipinski definition) is 1. The second kappa shape index (κ2) is 9.82. The fraction of sp³-hybridized carbons (Fsp3) is 0.0833. The number of sulfonamides is 1. The Bertz CT molecular complexity index is 1450. The van der Waals surface area contributed by atoms with Crippen LogP contribution in [-0.2, 0) is 16.6 Å². The molecule has 0 spiro atoms. The van der Waals surface area contributed by atoms with Crippen molar-refractivity contribution in [2.75, 3.05) is 4.90 Å². The summed E-state index contributed by atoms with van der Waals surface area (Å²) in [5.41, 5.74) is 2.36. The zero-order valence-corrected chi connectivity index (χ0v) is 19.7. The van der Waals surface area contributed by atoms with Crippen molar-refractivity contribution in [3.8, 4) is 6.07 Å². The molecule has 170 valence electrons. The monoisotopic (exact) mass is 489 g/mol. The summed E-state index contributed by atoms with van der Waals surface area (Å²) in [6.07, 6.45) is 2.61. The minimum atomic E-state index is -4.09. The maximum atomic E-state index is 12.8. The second-order valence-corrected chi connectivity index (χ2v) is 10.1. The number of amides is 1. The number of hydrogen-bond acceptors (Lipinski definition) is 8. The van der Waals surface area contributed by atoms with Crippen LogP contribution in [0.4, 0.5) is 10.8 Å². The van der Waals surface area contributed by atoms with Gasteiger partial charge in [0.15, 0.2) is 5.13 Å². The summed E-state index contributed by atoms with van der Waals surface area (Å²) in [6, 6.07) is 21.7. The van der Waals surface area contributed by atoms with E-state index in [-0.39, 0.29) is 10.6 Å². The lowest BCUT2D eigenvalue weighted by molar-refractivity contribution is 0.0976. The summed E-state index contributed by atoms with van der Waals surface area (Å²) in [4.78, 5) is 23.5. The van der Waals surface area contributed by atoms with E-state index < -0.39 is 15.9 Å². The van der Waals surface area contributed by atoms with Crippen molar-refractivity contribution >= 4 is 38.1 Å². The highest BCUT2D eigenvalue weighted by Crippen LogP contribution is 2.33. The van der Waals surface area contributed by atoms with E-state index in [1.165, 1.54) is 35.9 Å². The van der Waals surface area contributed by atoms with Crippen LogP contribution in [0, 0.1) is 18.3 Å². The molecule has 4 aromatic rings. The molecule has 2 heterocycles. The van der Waals surface area contributed by atoms with Gasteiger partial charge in [0.2, 0.25) is 0 Å². The van der Waals surface area contributed by atoms with Gasteiger partial charge in [0.25, 0.3) is 15.9 Å². The van der Waals surface area contributed by atoms with Gasteiger partial charge in [-0.2, -0.15) is 5.26 Å². The van der Waals surface area contributed by atoms with E-state index in [1.807, 2.05) is 47.4 Å². The van der Waals surface area contributed by atoms with Crippen molar-refractivity contribution in [2.45, 2.75) is 18.4 Å². The van der Waals surface area contributed by atoms with E-state index in [9.17, 15) is 13.2 Å². The van der Waals surface area contributed by atoms with Gasteiger partial charge in [-0.1, -0.05) is 30.3 Å². The number of nitriles is 1. The molecule has 0 fully saturated rings. The third kappa shape index (κ3) is 5.11. The van der Waals surface area contributed by atoms with Gasteiger partial charge in [-0.05, 0) is 48.9 Å². The molecule has 0 aliphatic carbocycles.